The molecule has 2 aromatic rings. The maximum Gasteiger partial charge on any atom is 0.231 e. The number of aliphatic hydroxyl groups is 1. The second-order valence-electron chi connectivity index (χ2n) is 4.07. The third-order valence-corrected chi connectivity index (χ3v) is 2.76. The van der Waals surface area contributed by atoms with Gasteiger partial charge in [0.2, 0.25) is 12.7 Å². The molecule has 1 aromatic heterocycles. The first kappa shape index (κ1) is 11.7. The summed E-state index contributed by atoms with van der Waals surface area (Å²) in [5.74, 6) is 2.01. The molecule has 19 heavy (non-hydrogen) atoms. The molecule has 0 unspecified atom stereocenters. The van der Waals surface area contributed by atoms with Gasteiger partial charge in [0.05, 0.1) is 12.3 Å². The van der Waals surface area contributed by atoms with E-state index in [9.17, 15) is 0 Å². The van der Waals surface area contributed by atoms with Crippen LogP contribution in [0.2, 0.25) is 0 Å². The van der Waals surface area contributed by atoms with Crippen molar-refractivity contribution in [2.45, 2.75) is 13.2 Å². The normalized spacial score (nSPS) is 12.5. The Labute approximate surface area is 110 Å². The van der Waals surface area contributed by atoms with Crippen molar-refractivity contribution < 1.29 is 14.6 Å². The summed E-state index contributed by atoms with van der Waals surface area (Å²) in [7, 11) is 0. The van der Waals surface area contributed by atoms with Gasteiger partial charge in [0.25, 0.3) is 0 Å². The topological polar surface area (TPSA) is 76.5 Å². The van der Waals surface area contributed by atoms with Crippen molar-refractivity contribution in [3.05, 3.63) is 41.7 Å². The summed E-state index contributed by atoms with van der Waals surface area (Å²) in [4.78, 5) is 8.24. The maximum atomic E-state index is 9.00. The van der Waals surface area contributed by atoms with Gasteiger partial charge in [-0.05, 0) is 23.8 Å². The Hall–Kier alpha value is -2.34. The number of hydrogen-bond donors (Lipinski definition) is 2. The predicted molar refractivity (Wildman–Crippen MR) is 67.8 cm³/mol. The van der Waals surface area contributed by atoms with Crippen molar-refractivity contribution >= 4 is 5.95 Å². The Kier molecular flexibility index (Phi) is 3.16. The molecule has 2 N–H and O–H groups in total. The Morgan fingerprint density at radius 2 is 2.11 bits per heavy atom. The molecule has 1 aromatic carbocycles. The molecule has 0 amide bonds. The SMILES string of the molecule is OCc1ccnc(NCc2ccc3c(c2)OCO3)n1. The second-order valence-corrected chi connectivity index (χ2v) is 4.07. The zero-order chi connectivity index (χ0) is 13.1. The summed E-state index contributed by atoms with van der Waals surface area (Å²) in [5.41, 5.74) is 1.63. The summed E-state index contributed by atoms with van der Waals surface area (Å²) in [6, 6.07) is 7.43. The number of aromatic nitrogens is 2. The number of ether oxygens (including phenoxy) is 2. The molecule has 0 radical (unpaired) electrons. The molecular weight excluding hydrogens is 246 g/mol. The molecule has 2 heterocycles. The van der Waals surface area contributed by atoms with Gasteiger partial charge in [0, 0.05) is 12.7 Å². The van der Waals surface area contributed by atoms with Crippen LogP contribution in [-0.4, -0.2) is 21.9 Å². The number of anilines is 1. The standard InChI is InChI=1S/C13H13N3O3/c17-7-10-3-4-14-13(16-10)15-6-9-1-2-11-12(5-9)19-8-18-11/h1-5,17H,6-8H2,(H,14,15,16). The van der Waals surface area contributed by atoms with Crippen molar-refractivity contribution in [2.75, 3.05) is 12.1 Å². The van der Waals surface area contributed by atoms with E-state index in [2.05, 4.69) is 15.3 Å². The molecule has 3 rings (SSSR count). The number of benzene rings is 1. The van der Waals surface area contributed by atoms with Crippen LogP contribution in [0.4, 0.5) is 5.95 Å². The number of nitrogens with one attached hydrogen (secondary N) is 1. The fourth-order valence-corrected chi connectivity index (χ4v) is 1.80. The molecule has 0 spiro atoms. The lowest BCUT2D eigenvalue weighted by molar-refractivity contribution is 0.174. The fourth-order valence-electron chi connectivity index (χ4n) is 1.80. The average molecular weight is 259 g/mol. The van der Waals surface area contributed by atoms with Crippen LogP contribution in [0.1, 0.15) is 11.3 Å². The Morgan fingerprint density at radius 1 is 1.21 bits per heavy atom. The lowest BCUT2D eigenvalue weighted by Gasteiger charge is -2.06. The van der Waals surface area contributed by atoms with Crippen molar-refractivity contribution in [2.24, 2.45) is 0 Å². The lowest BCUT2D eigenvalue weighted by Crippen LogP contribution is -2.04. The van der Waals surface area contributed by atoms with Crippen molar-refractivity contribution in [1.29, 1.82) is 0 Å². The third-order valence-electron chi connectivity index (χ3n) is 2.76. The lowest BCUT2D eigenvalue weighted by atomic mass is 10.2. The summed E-state index contributed by atoms with van der Waals surface area (Å²) in [6.45, 7) is 0.751. The third kappa shape index (κ3) is 2.58. The molecule has 0 bridgehead atoms. The van der Waals surface area contributed by atoms with Crippen LogP contribution in [-0.2, 0) is 13.2 Å². The van der Waals surface area contributed by atoms with Gasteiger partial charge in [-0.25, -0.2) is 9.97 Å². The highest BCUT2D eigenvalue weighted by atomic mass is 16.7. The van der Waals surface area contributed by atoms with E-state index in [0.29, 0.717) is 18.2 Å². The molecule has 0 aliphatic carbocycles. The minimum Gasteiger partial charge on any atom is -0.454 e. The van der Waals surface area contributed by atoms with Crippen LogP contribution in [0.3, 0.4) is 0 Å². The largest absolute Gasteiger partial charge is 0.454 e. The molecule has 1 aliphatic rings. The van der Waals surface area contributed by atoms with E-state index < -0.39 is 0 Å². The van der Waals surface area contributed by atoms with Gasteiger partial charge < -0.3 is 19.9 Å². The van der Waals surface area contributed by atoms with Crippen LogP contribution < -0.4 is 14.8 Å². The van der Waals surface area contributed by atoms with E-state index in [1.54, 1.807) is 12.3 Å². The van der Waals surface area contributed by atoms with Crippen LogP contribution in [0.5, 0.6) is 11.5 Å². The fraction of sp³-hybridized carbons (Fsp3) is 0.231. The predicted octanol–water partition coefficient (Wildman–Crippen LogP) is 1.31. The van der Waals surface area contributed by atoms with Crippen LogP contribution in [0, 0.1) is 0 Å². The molecule has 0 saturated carbocycles. The molecule has 6 nitrogen and oxygen atoms in total. The van der Waals surface area contributed by atoms with Gasteiger partial charge in [0.15, 0.2) is 11.5 Å². The zero-order valence-electron chi connectivity index (χ0n) is 10.2. The Balaban J connectivity index is 1.68. The second kappa shape index (κ2) is 5.11. The van der Waals surface area contributed by atoms with Crippen LogP contribution >= 0.6 is 0 Å². The Bertz CT molecular complexity index is 589. The minimum atomic E-state index is -0.0960. The van der Waals surface area contributed by atoms with E-state index in [0.717, 1.165) is 17.1 Å². The summed E-state index contributed by atoms with van der Waals surface area (Å²) in [5, 5.41) is 12.1. The Morgan fingerprint density at radius 3 is 3.00 bits per heavy atom. The first-order valence-corrected chi connectivity index (χ1v) is 5.90. The highest BCUT2D eigenvalue weighted by Crippen LogP contribution is 2.32. The van der Waals surface area contributed by atoms with E-state index in [1.807, 2.05) is 18.2 Å². The summed E-state index contributed by atoms with van der Waals surface area (Å²) < 4.78 is 10.6. The number of nitrogens with zero attached hydrogens (tertiary/aromatic N) is 2. The van der Waals surface area contributed by atoms with Crippen molar-refractivity contribution in [3.63, 3.8) is 0 Å². The van der Waals surface area contributed by atoms with Gasteiger partial charge in [-0.15, -0.1) is 0 Å². The quantitative estimate of drug-likeness (QED) is 0.862. The zero-order valence-corrected chi connectivity index (χ0v) is 10.2. The maximum absolute atomic E-state index is 9.00. The van der Waals surface area contributed by atoms with Gasteiger partial charge in [-0.1, -0.05) is 6.07 Å². The summed E-state index contributed by atoms with van der Waals surface area (Å²) >= 11 is 0. The van der Waals surface area contributed by atoms with E-state index in [-0.39, 0.29) is 13.4 Å². The highest BCUT2D eigenvalue weighted by molar-refractivity contribution is 5.45. The molecule has 98 valence electrons. The molecule has 0 atom stereocenters. The monoisotopic (exact) mass is 259 g/mol. The smallest absolute Gasteiger partial charge is 0.231 e. The molecule has 0 fully saturated rings. The number of rotatable bonds is 4. The minimum absolute atomic E-state index is 0.0960. The molecule has 6 heteroatoms. The average Bonchev–Trinajstić information content (AvgIpc) is 2.93. The highest BCUT2D eigenvalue weighted by Gasteiger charge is 2.13. The number of hydrogen-bond acceptors (Lipinski definition) is 6. The van der Waals surface area contributed by atoms with Crippen molar-refractivity contribution in [3.8, 4) is 11.5 Å². The van der Waals surface area contributed by atoms with Gasteiger partial charge in [-0.3, -0.25) is 0 Å². The van der Waals surface area contributed by atoms with Crippen molar-refractivity contribution in [1.82, 2.24) is 9.97 Å². The molecular formula is C13H13N3O3. The van der Waals surface area contributed by atoms with Gasteiger partial charge in [0.1, 0.15) is 0 Å². The van der Waals surface area contributed by atoms with Gasteiger partial charge in [-0.2, -0.15) is 0 Å². The van der Waals surface area contributed by atoms with Crippen LogP contribution in [0.25, 0.3) is 0 Å². The van der Waals surface area contributed by atoms with E-state index in [4.69, 9.17) is 14.6 Å². The van der Waals surface area contributed by atoms with Gasteiger partial charge >= 0.3 is 0 Å². The molecule has 0 saturated heterocycles. The van der Waals surface area contributed by atoms with Crippen LogP contribution in [0.15, 0.2) is 30.5 Å². The first-order valence-electron chi connectivity index (χ1n) is 5.90. The van der Waals surface area contributed by atoms with E-state index >= 15 is 0 Å². The first-order chi connectivity index (χ1) is 9.35. The van der Waals surface area contributed by atoms with E-state index in [1.165, 1.54) is 0 Å². The number of fused-ring (bicyclic) bond motifs is 1. The summed E-state index contributed by atoms with van der Waals surface area (Å²) in [6.07, 6.45) is 1.61. The molecule has 1 aliphatic heterocycles. The number of aliphatic hydroxyl groups excluding tert-OH is 1.